The smallest absolute Gasteiger partial charge is 0.151 e. The maximum Gasteiger partial charge on any atom is 0.151 e. The van der Waals surface area contributed by atoms with Gasteiger partial charge in [0, 0.05) is 12.7 Å². The van der Waals surface area contributed by atoms with Crippen LogP contribution in [0.2, 0.25) is 0 Å². The van der Waals surface area contributed by atoms with Gasteiger partial charge in [-0.2, -0.15) is 5.10 Å². The fourth-order valence-electron chi connectivity index (χ4n) is 2.47. The highest BCUT2D eigenvalue weighted by molar-refractivity contribution is 5.42. The Morgan fingerprint density at radius 2 is 2.11 bits per heavy atom. The number of aryl methyl sites for hydroxylation is 1. The molecular weight excluding hydrogens is 224 g/mol. The Bertz CT molecular complexity index is 509. The fourth-order valence-corrected chi connectivity index (χ4v) is 2.47. The summed E-state index contributed by atoms with van der Waals surface area (Å²) in [5.41, 5.74) is 2.07. The van der Waals surface area contributed by atoms with Crippen LogP contribution in [0.25, 0.3) is 0 Å². The summed E-state index contributed by atoms with van der Waals surface area (Å²) in [5.74, 6) is 0.953. The molecule has 0 aromatic carbocycles. The molecule has 4 nitrogen and oxygen atoms in total. The highest BCUT2D eigenvalue weighted by Gasteiger charge is 2.27. The largest absolute Gasteiger partial charge is 0.347 e. The van der Waals surface area contributed by atoms with Gasteiger partial charge in [-0.1, -0.05) is 6.07 Å². The molecule has 2 aromatic rings. The maximum atomic E-state index is 4.46. The van der Waals surface area contributed by atoms with Crippen LogP contribution >= 0.6 is 0 Å². The topological polar surface area (TPSA) is 41.9 Å². The van der Waals surface area contributed by atoms with E-state index in [0.29, 0.717) is 6.04 Å². The summed E-state index contributed by atoms with van der Waals surface area (Å²) in [7, 11) is 0. The molecule has 1 fully saturated rings. The van der Waals surface area contributed by atoms with Crippen molar-refractivity contribution in [2.45, 2.75) is 25.8 Å². The van der Waals surface area contributed by atoms with Crippen molar-refractivity contribution in [1.82, 2.24) is 15.2 Å². The second-order valence-electron chi connectivity index (χ2n) is 4.64. The molecule has 2 aromatic heterocycles. The van der Waals surface area contributed by atoms with Crippen LogP contribution in [0, 0.1) is 6.92 Å². The zero-order valence-corrected chi connectivity index (χ0v) is 10.5. The van der Waals surface area contributed by atoms with Gasteiger partial charge in [0.15, 0.2) is 5.82 Å². The number of aromatic nitrogens is 3. The van der Waals surface area contributed by atoms with Gasteiger partial charge in [0.1, 0.15) is 0 Å². The second kappa shape index (κ2) is 4.72. The minimum atomic E-state index is 0.336. The van der Waals surface area contributed by atoms with Gasteiger partial charge < -0.3 is 4.90 Å². The molecule has 1 atom stereocenters. The van der Waals surface area contributed by atoms with Gasteiger partial charge in [-0.25, -0.2) is 0 Å². The van der Waals surface area contributed by atoms with Crippen LogP contribution in [0.1, 0.15) is 30.3 Å². The van der Waals surface area contributed by atoms with Crippen LogP contribution in [0.5, 0.6) is 0 Å². The third kappa shape index (κ3) is 2.06. The van der Waals surface area contributed by atoms with Gasteiger partial charge in [-0.15, -0.1) is 5.10 Å². The van der Waals surface area contributed by atoms with Crippen molar-refractivity contribution in [1.29, 1.82) is 0 Å². The van der Waals surface area contributed by atoms with Crippen LogP contribution in [-0.2, 0) is 0 Å². The molecule has 4 heteroatoms. The third-order valence-electron chi connectivity index (χ3n) is 3.36. The van der Waals surface area contributed by atoms with E-state index >= 15 is 0 Å². The van der Waals surface area contributed by atoms with Crippen LogP contribution in [0.15, 0.2) is 36.5 Å². The van der Waals surface area contributed by atoms with E-state index in [0.717, 1.165) is 30.2 Å². The van der Waals surface area contributed by atoms with Crippen molar-refractivity contribution in [2.75, 3.05) is 11.4 Å². The molecule has 1 aliphatic heterocycles. The van der Waals surface area contributed by atoms with Crippen molar-refractivity contribution < 1.29 is 0 Å². The van der Waals surface area contributed by atoms with Crippen molar-refractivity contribution in [3.05, 3.63) is 47.9 Å². The third-order valence-corrected chi connectivity index (χ3v) is 3.36. The van der Waals surface area contributed by atoms with Crippen LogP contribution < -0.4 is 4.90 Å². The Hall–Kier alpha value is -1.97. The molecule has 0 amide bonds. The zero-order valence-electron chi connectivity index (χ0n) is 10.5. The van der Waals surface area contributed by atoms with Crippen molar-refractivity contribution in [3.8, 4) is 0 Å². The first kappa shape index (κ1) is 11.1. The lowest BCUT2D eigenvalue weighted by Crippen LogP contribution is -2.24. The van der Waals surface area contributed by atoms with Gasteiger partial charge in [-0.3, -0.25) is 4.98 Å². The molecule has 0 spiro atoms. The molecule has 18 heavy (non-hydrogen) atoms. The molecule has 3 rings (SSSR count). The first-order valence-corrected chi connectivity index (χ1v) is 6.32. The predicted octanol–water partition coefficient (Wildman–Crippen LogP) is 2.52. The molecule has 0 radical (unpaired) electrons. The van der Waals surface area contributed by atoms with Gasteiger partial charge in [0.25, 0.3) is 0 Å². The standard InChI is InChI=1S/C14H16N4/c1-11-7-8-14(17-16-11)18-10-4-6-13(18)12-5-2-3-9-15-12/h2-3,5,7-9,13H,4,6,10H2,1H3. The monoisotopic (exact) mass is 240 g/mol. The first-order chi connectivity index (χ1) is 8.84. The van der Waals surface area contributed by atoms with E-state index in [1.165, 1.54) is 6.42 Å². The van der Waals surface area contributed by atoms with Crippen molar-refractivity contribution >= 4 is 5.82 Å². The molecule has 92 valence electrons. The summed E-state index contributed by atoms with van der Waals surface area (Å²) in [4.78, 5) is 6.76. The summed E-state index contributed by atoms with van der Waals surface area (Å²) in [6.07, 6.45) is 4.16. The lowest BCUT2D eigenvalue weighted by atomic mass is 10.1. The Balaban J connectivity index is 1.90. The molecule has 0 N–H and O–H groups in total. The first-order valence-electron chi connectivity index (χ1n) is 6.32. The van der Waals surface area contributed by atoms with E-state index in [2.05, 4.69) is 26.1 Å². The zero-order chi connectivity index (χ0) is 12.4. The van der Waals surface area contributed by atoms with Crippen molar-refractivity contribution in [3.63, 3.8) is 0 Å². The predicted molar refractivity (Wildman–Crippen MR) is 70.3 cm³/mol. The molecule has 3 heterocycles. The Kier molecular flexibility index (Phi) is 2.92. The Morgan fingerprint density at radius 3 is 2.83 bits per heavy atom. The van der Waals surface area contributed by atoms with E-state index in [4.69, 9.17) is 0 Å². The molecule has 1 unspecified atom stereocenters. The fraction of sp³-hybridized carbons (Fsp3) is 0.357. The molecule has 1 saturated heterocycles. The minimum absolute atomic E-state index is 0.336. The second-order valence-corrected chi connectivity index (χ2v) is 4.64. The number of pyridine rings is 1. The lowest BCUT2D eigenvalue weighted by molar-refractivity contribution is 0.682. The summed E-state index contributed by atoms with van der Waals surface area (Å²) in [6, 6.07) is 10.5. The number of nitrogens with zero attached hydrogens (tertiary/aromatic N) is 4. The lowest BCUT2D eigenvalue weighted by Gasteiger charge is -2.24. The van der Waals surface area contributed by atoms with Gasteiger partial charge in [0.2, 0.25) is 0 Å². The number of hydrogen-bond donors (Lipinski definition) is 0. The average Bonchev–Trinajstić information content (AvgIpc) is 2.90. The van der Waals surface area contributed by atoms with Crippen LogP contribution in [-0.4, -0.2) is 21.7 Å². The van der Waals surface area contributed by atoms with E-state index < -0.39 is 0 Å². The summed E-state index contributed by atoms with van der Waals surface area (Å²) >= 11 is 0. The quantitative estimate of drug-likeness (QED) is 0.809. The molecule has 0 aliphatic carbocycles. The van der Waals surface area contributed by atoms with Crippen molar-refractivity contribution in [2.24, 2.45) is 0 Å². The summed E-state index contributed by atoms with van der Waals surface area (Å²) in [6.45, 7) is 2.98. The van der Waals surface area contributed by atoms with Crippen LogP contribution in [0.3, 0.4) is 0 Å². The van der Waals surface area contributed by atoms with E-state index in [9.17, 15) is 0 Å². The highest BCUT2D eigenvalue weighted by Crippen LogP contribution is 2.33. The van der Waals surface area contributed by atoms with E-state index in [1.54, 1.807) is 0 Å². The summed E-state index contributed by atoms with van der Waals surface area (Å²) < 4.78 is 0. The molecular formula is C14H16N4. The summed E-state index contributed by atoms with van der Waals surface area (Å²) in [5, 5.41) is 8.42. The van der Waals surface area contributed by atoms with Gasteiger partial charge in [0.05, 0.1) is 17.4 Å². The maximum absolute atomic E-state index is 4.46. The minimum Gasteiger partial charge on any atom is -0.347 e. The molecule has 0 bridgehead atoms. The normalized spacial score (nSPS) is 19.2. The number of anilines is 1. The number of hydrogen-bond acceptors (Lipinski definition) is 4. The van der Waals surface area contributed by atoms with E-state index in [1.807, 2.05) is 37.4 Å². The Labute approximate surface area is 107 Å². The number of rotatable bonds is 2. The molecule has 0 saturated carbocycles. The van der Waals surface area contributed by atoms with Gasteiger partial charge >= 0.3 is 0 Å². The Morgan fingerprint density at radius 1 is 1.17 bits per heavy atom. The van der Waals surface area contributed by atoms with E-state index in [-0.39, 0.29) is 0 Å². The SMILES string of the molecule is Cc1ccc(N2CCCC2c2ccccn2)nn1. The average molecular weight is 240 g/mol. The van der Waals surface area contributed by atoms with Gasteiger partial charge in [-0.05, 0) is 44.0 Å². The highest BCUT2D eigenvalue weighted by atomic mass is 15.3. The van der Waals surface area contributed by atoms with Crippen LogP contribution in [0.4, 0.5) is 5.82 Å². The molecule has 1 aliphatic rings.